The minimum absolute atomic E-state index is 0.0475. The average molecular weight is 330 g/mol. The van der Waals surface area contributed by atoms with Gasteiger partial charge in [0.05, 0.1) is 23.7 Å². The van der Waals surface area contributed by atoms with Crippen LogP contribution in [0.15, 0.2) is 36.4 Å². The Labute approximate surface area is 127 Å². The van der Waals surface area contributed by atoms with Gasteiger partial charge >= 0.3 is 12.4 Å². The number of rotatable bonds is 2. The average Bonchev–Trinajstić information content (AvgIpc) is 2.46. The third kappa shape index (κ3) is 3.80. The van der Waals surface area contributed by atoms with Gasteiger partial charge in [-0.3, -0.25) is 0 Å². The van der Waals surface area contributed by atoms with Crippen LogP contribution in [0, 0.1) is 11.3 Å². The SMILES string of the molecule is N#CCc1nc(C(F)(F)F)ccc1-c1cccc(C(F)(F)F)c1. The molecule has 1 aromatic heterocycles. The number of benzene rings is 1. The van der Waals surface area contributed by atoms with Gasteiger partial charge in [0.1, 0.15) is 5.69 Å². The van der Waals surface area contributed by atoms with E-state index in [-0.39, 0.29) is 16.8 Å². The number of pyridine rings is 1. The van der Waals surface area contributed by atoms with Crippen molar-refractivity contribution >= 4 is 0 Å². The van der Waals surface area contributed by atoms with Crippen LogP contribution < -0.4 is 0 Å². The Balaban J connectivity index is 2.57. The maximum atomic E-state index is 12.7. The summed E-state index contributed by atoms with van der Waals surface area (Å²) in [6.45, 7) is 0. The van der Waals surface area contributed by atoms with Gasteiger partial charge < -0.3 is 0 Å². The summed E-state index contributed by atoms with van der Waals surface area (Å²) in [6.07, 6.45) is -9.73. The molecule has 0 N–H and O–H groups in total. The van der Waals surface area contributed by atoms with Gasteiger partial charge in [-0.2, -0.15) is 31.6 Å². The molecule has 0 bridgehead atoms. The summed E-state index contributed by atoms with van der Waals surface area (Å²) in [5.74, 6) is 0. The maximum Gasteiger partial charge on any atom is 0.433 e. The first-order chi connectivity index (χ1) is 10.6. The molecule has 120 valence electrons. The quantitative estimate of drug-likeness (QED) is 0.738. The Morgan fingerprint density at radius 3 is 2.22 bits per heavy atom. The molecule has 0 saturated carbocycles. The molecule has 2 aromatic rings. The fourth-order valence-corrected chi connectivity index (χ4v) is 1.99. The van der Waals surface area contributed by atoms with Crippen molar-refractivity contribution in [1.82, 2.24) is 4.98 Å². The first-order valence-corrected chi connectivity index (χ1v) is 6.24. The summed E-state index contributed by atoms with van der Waals surface area (Å²) < 4.78 is 76.2. The highest BCUT2D eigenvalue weighted by Crippen LogP contribution is 2.34. The predicted molar refractivity (Wildman–Crippen MR) is 69.0 cm³/mol. The zero-order valence-corrected chi connectivity index (χ0v) is 11.3. The topological polar surface area (TPSA) is 36.7 Å². The molecule has 0 saturated heterocycles. The van der Waals surface area contributed by atoms with Gasteiger partial charge in [-0.15, -0.1) is 0 Å². The van der Waals surface area contributed by atoms with E-state index in [1.807, 2.05) is 0 Å². The van der Waals surface area contributed by atoms with E-state index in [2.05, 4.69) is 4.98 Å². The summed E-state index contributed by atoms with van der Waals surface area (Å²) in [7, 11) is 0. The van der Waals surface area contributed by atoms with Crippen molar-refractivity contribution in [2.24, 2.45) is 0 Å². The summed E-state index contributed by atoms with van der Waals surface area (Å²) >= 11 is 0. The van der Waals surface area contributed by atoms with Gasteiger partial charge in [0.2, 0.25) is 0 Å². The lowest BCUT2D eigenvalue weighted by molar-refractivity contribution is -0.141. The zero-order chi connectivity index (χ0) is 17.3. The molecule has 1 aromatic carbocycles. The molecular weight excluding hydrogens is 322 g/mol. The largest absolute Gasteiger partial charge is 0.433 e. The van der Waals surface area contributed by atoms with Gasteiger partial charge in [-0.25, -0.2) is 4.98 Å². The van der Waals surface area contributed by atoms with Crippen molar-refractivity contribution in [2.45, 2.75) is 18.8 Å². The normalized spacial score (nSPS) is 12.0. The molecule has 0 aliphatic carbocycles. The van der Waals surface area contributed by atoms with Gasteiger partial charge in [-0.1, -0.05) is 18.2 Å². The number of aromatic nitrogens is 1. The molecule has 2 rings (SSSR count). The molecular formula is C15H8F6N2. The fourth-order valence-electron chi connectivity index (χ4n) is 1.99. The zero-order valence-electron chi connectivity index (χ0n) is 11.3. The van der Waals surface area contributed by atoms with Crippen LogP contribution in [-0.2, 0) is 18.8 Å². The minimum atomic E-state index is -4.70. The Morgan fingerprint density at radius 2 is 1.65 bits per heavy atom. The third-order valence-corrected chi connectivity index (χ3v) is 3.01. The number of halogens is 6. The number of nitriles is 1. The minimum Gasteiger partial charge on any atom is -0.247 e. The Morgan fingerprint density at radius 1 is 0.957 bits per heavy atom. The molecule has 0 unspecified atom stereocenters. The van der Waals surface area contributed by atoms with E-state index >= 15 is 0 Å². The van der Waals surface area contributed by atoms with Crippen LogP contribution in [-0.4, -0.2) is 4.98 Å². The van der Waals surface area contributed by atoms with Crippen molar-refractivity contribution in [3.05, 3.63) is 53.3 Å². The molecule has 2 nitrogen and oxygen atoms in total. The highest BCUT2D eigenvalue weighted by atomic mass is 19.4. The van der Waals surface area contributed by atoms with Crippen molar-refractivity contribution < 1.29 is 26.3 Å². The van der Waals surface area contributed by atoms with Crippen LogP contribution in [0.25, 0.3) is 11.1 Å². The summed E-state index contributed by atoms with van der Waals surface area (Å²) in [5, 5.41) is 8.72. The summed E-state index contributed by atoms with van der Waals surface area (Å²) in [4.78, 5) is 3.37. The highest BCUT2D eigenvalue weighted by molar-refractivity contribution is 5.67. The molecule has 0 amide bonds. The molecule has 1 heterocycles. The second kappa shape index (κ2) is 5.91. The second-order valence-corrected chi connectivity index (χ2v) is 4.60. The molecule has 0 fully saturated rings. The lowest BCUT2D eigenvalue weighted by atomic mass is 9.99. The fraction of sp³-hybridized carbons (Fsp3) is 0.200. The van der Waals surface area contributed by atoms with Gasteiger partial charge in [0.25, 0.3) is 0 Å². The van der Waals surface area contributed by atoms with Crippen LogP contribution in [0.1, 0.15) is 17.0 Å². The molecule has 0 aliphatic heterocycles. The number of nitrogens with zero attached hydrogens (tertiary/aromatic N) is 2. The monoisotopic (exact) mass is 330 g/mol. The third-order valence-electron chi connectivity index (χ3n) is 3.01. The van der Waals surface area contributed by atoms with E-state index in [1.165, 1.54) is 6.07 Å². The number of hydrogen-bond acceptors (Lipinski definition) is 2. The molecule has 8 heteroatoms. The van der Waals surface area contributed by atoms with Crippen LogP contribution in [0.4, 0.5) is 26.3 Å². The van der Waals surface area contributed by atoms with Crippen molar-refractivity contribution in [2.75, 3.05) is 0 Å². The van der Waals surface area contributed by atoms with Crippen LogP contribution in [0.5, 0.6) is 0 Å². The molecule has 0 atom stereocenters. The van der Waals surface area contributed by atoms with E-state index < -0.39 is 30.0 Å². The van der Waals surface area contributed by atoms with E-state index in [9.17, 15) is 26.3 Å². The number of hydrogen-bond donors (Lipinski definition) is 0. The van der Waals surface area contributed by atoms with Crippen LogP contribution in [0.3, 0.4) is 0 Å². The lowest BCUT2D eigenvalue weighted by Gasteiger charge is -2.13. The predicted octanol–water partition coefficient (Wildman–Crippen LogP) is 4.85. The van der Waals surface area contributed by atoms with Crippen LogP contribution in [0.2, 0.25) is 0 Å². The van der Waals surface area contributed by atoms with Crippen molar-refractivity contribution in [1.29, 1.82) is 5.26 Å². The van der Waals surface area contributed by atoms with Gasteiger partial charge in [0, 0.05) is 5.56 Å². The second-order valence-electron chi connectivity index (χ2n) is 4.60. The summed E-state index contributed by atoms with van der Waals surface area (Å²) in [6, 6.07) is 7.50. The molecule has 23 heavy (non-hydrogen) atoms. The Bertz CT molecular complexity index is 756. The van der Waals surface area contributed by atoms with Gasteiger partial charge in [0.15, 0.2) is 0 Å². The molecule has 0 spiro atoms. The Kier molecular flexibility index (Phi) is 4.32. The first-order valence-electron chi connectivity index (χ1n) is 6.24. The van der Waals surface area contributed by atoms with Gasteiger partial charge in [-0.05, 0) is 23.8 Å². The molecule has 0 radical (unpaired) electrons. The van der Waals surface area contributed by atoms with Crippen molar-refractivity contribution in [3.63, 3.8) is 0 Å². The highest BCUT2D eigenvalue weighted by Gasteiger charge is 2.33. The first kappa shape index (κ1) is 16.8. The van der Waals surface area contributed by atoms with Crippen molar-refractivity contribution in [3.8, 4) is 17.2 Å². The van der Waals surface area contributed by atoms with E-state index in [1.54, 1.807) is 6.07 Å². The van der Waals surface area contributed by atoms with E-state index in [0.717, 1.165) is 24.3 Å². The lowest BCUT2D eigenvalue weighted by Crippen LogP contribution is -2.10. The smallest absolute Gasteiger partial charge is 0.247 e. The number of alkyl halides is 6. The summed E-state index contributed by atoms with van der Waals surface area (Å²) in [5.41, 5.74) is -2.24. The molecule has 0 aliphatic rings. The standard InChI is InChI=1S/C15H8F6N2/c16-14(17,18)10-3-1-2-9(8-10)11-4-5-13(15(19,20)21)23-12(11)6-7-22/h1-5,8H,6H2. The van der Waals surface area contributed by atoms with Crippen LogP contribution >= 0.6 is 0 Å². The maximum absolute atomic E-state index is 12.7. The van der Waals surface area contributed by atoms with E-state index in [0.29, 0.717) is 6.07 Å². The Hall–Kier alpha value is -2.56. The van der Waals surface area contributed by atoms with E-state index in [4.69, 9.17) is 5.26 Å².